The zero-order chi connectivity index (χ0) is 16.5. The normalized spacial score (nSPS) is 11.4. The lowest BCUT2D eigenvalue weighted by molar-refractivity contribution is 0.343. The van der Waals surface area contributed by atoms with Crippen LogP contribution in [0.1, 0.15) is 11.1 Å². The van der Waals surface area contributed by atoms with E-state index in [9.17, 15) is 0 Å². The fourth-order valence-electron chi connectivity index (χ4n) is 2.76. The van der Waals surface area contributed by atoms with E-state index < -0.39 is 0 Å². The van der Waals surface area contributed by atoms with E-state index in [1.165, 1.54) is 21.3 Å². The molecule has 4 aromatic rings. The Bertz CT molecular complexity index is 986. The average Bonchev–Trinajstić information content (AvgIpc) is 3.10. The standard InChI is InChI=1S/C18H17N3OS2/c1-12-9-13(2)11-14(10-12)22-7-8-23-17-19-20-18-21(17)15-5-3-4-6-16(15)24-18/h3-6,9-11H,7-8H2,1-2H3. The van der Waals surface area contributed by atoms with Crippen molar-refractivity contribution in [1.82, 2.24) is 14.6 Å². The van der Waals surface area contributed by atoms with E-state index in [1.807, 2.05) is 6.07 Å². The minimum Gasteiger partial charge on any atom is -0.493 e. The van der Waals surface area contributed by atoms with Crippen molar-refractivity contribution < 1.29 is 4.74 Å². The number of fused-ring (bicyclic) bond motifs is 3. The predicted octanol–water partition coefficient (Wildman–Crippen LogP) is 4.73. The first-order valence-corrected chi connectivity index (χ1v) is 9.57. The van der Waals surface area contributed by atoms with Crippen LogP contribution in [0.2, 0.25) is 0 Å². The molecule has 2 aromatic carbocycles. The fraction of sp³-hybridized carbons (Fsp3) is 0.222. The van der Waals surface area contributed by atoms with Gasteiger partial charge >= 0.3 is 0 Å². The highest BCUT2D eigenvalue weighted by molar-refractivity contribution is 7.99. The Morgan fingerprint density at radius 1 is 1.08 bits per heavy atom. The van der Waals surface area contributed by atoms with E-state index >= 15 is 0 Å². The molecule has 6 heteroatoms. The average molecular weight is 355 g/mol. The molecule has 0 radical (unpaired) electrons. The van der Waals surface area contributed by atoms with Crippen LogP contribution in [0.15, 0.2) is 47.6 Å². The molecule has 0 aliphatic rings. The Labute approximate surface area is 148 Å². The molecule has 2 aromatic heterocycles. The number of benzene rings is 2. The quantitative estimate of drug-likeness (QED) is 0.383. The molecule has 0 unspecified atom stereocenters. The summed E-state index contributed by atoms with van der Waals surface area (Å²) in [6.07, 6.45) is 0. The monoisotopic (exact) mass is 355 g/mol. The minimum absolute atomic E-state index is 0.643. The Kier molecular flexibility index (Phi) is 4.16. The zero-order valence-electron chi connectivity index (χ0n) is 13.5. The summed E-state index contributed by atoms with van der Waals surface area (Å²) in [5.41, 5.74) is 3.61. The first-order chi connectivity index (χ1) is 11.7. The third kappa shape index (κ3) is 2.99. The van der Waals surface area contributed by atoms with Gasteiger partial charge in [0.1, 0.15) is 5.75 Å². The first-order valence-electron chi connectivity index (χ1n) is 7.77. The minimum atomic E-state index is 0.643. The second kappa shape index (κ2) is 6.45. The molecule has 122 valence electrons. The lowest BCUT2D eigenvalue weighted by atomic mass is 10.1. The second-order valence-electron chi connectivity index (χ2n) is 5.69. The number of hydrogen-bond donors (Lipinski definition) is 0. The maximum Gasteiger partial charge on any atom is 0.217 e. The van der Waals surface area contributed by atoms with Gasteiger partial charge < -0.3 is 4.74 Å². The van der Waals surface area contributed by atoms with E-state index in [2.05, 4.69) is 64.8 Å². The van der Waals surface area contributed by atoms with Crippen molar-refractivity contribution in [2.75, 3.05) is 12.4 Å². The second-order valence-corrected chi connectivity index (χ2v) is 7.76. The molecule has 0 saturated carbocycles. The number of para-hydroxylation sites is 1. The van der Waals surface area contributed by atoms with Crippen molar-refractivity contribution >= 4 is 38.3 Å². The molecule has 0 fully saturated rings. The van der Waals surface area contributed by atoms with Crippen LogP contribution in [0.3, 0.4) is 0 Å². The summed E-state index contributed by atoms with van der Waals surface area (Å²) in [6, 6.07) is 14.6. The van der Waals surface area contributed by atoms with E-state index in [0.29, 0.717) is 6.61 Å². The van der Waals surface area contributed by atoms with Crippen LogP contribution < -0.4 is 4.74 Å². The summed E-state index contributed by atoms with van der Waals surface area (Å²) in [4.78, 5) is 0.939. The topological polar surface area (TPSA) is 39.4 Å². The van der Waals surface area contributed by atoms with Gasteiger partial charge in [0.15, 0.2) is 5.16 Å². The van der Waals surface area contributed by atoms with Gasteiger partial charge in [0, 0.05) is 5.75 Å². The van der Waals surface area contributed by atoms with Crippen LogP contribution in [-0.2, 0) is 0 Å². The number of hydrogen-bond acceptors (Lipinski definition) is 5. The maximum absolute atomic E-state index is 5.87. The van der Waals surface area contributed by atoms with E-state index in [-0.39, 0.29) is 0 Å². The number of thiazole rings is 1. The molecular weight excluding hydrogens is 338 g/mol. The lowest BCUT2D eigenvalue weighted by Crippen LogP contribution is -2.01. The summed E-state index contributed by atoms with van der Waals surface area (Å²) in [6.45, 7) is 4.82. The Morgan fingerprint density at radius 3 is 2.71 bits per heavy atom. The SMILES string of the molecule is Cc1cc(C)cc(OCCSc2nnc3sc4ccccc4n23)c1. The van der Waals surface area contributed by atoms with Crippen LogP contribution in [0.4, 0.5) is 0 Å². The Hall–Kier alpha value is -2.05. The zero-order valence-corrected chi connectivity index (χ0v) is 15.2. The van der Waals surface area contributed by atoms with Gasteiger partial charge in [0.05, 0.1) is 16.8 Å². The summed E-state index contributed by atoms with van der Waals surface area (Å²) >= 11 is 3.34. The highest BCUT2D eigenvalue weighted by atomic mass is 32.2. The largest absolute Gasteiger partial charge is 0.493 e. The fourth-order valence-corrected chi connectivity index (χ4v) is 4.54. The van der Waals surface area contributed by atoms with Crippen molar-refractivity contribution in [3.63, 3.8) is 0 Å². The summed E-state index contributed by atoms with van der Waals surface area (Å²) < 4.78 is 9.23. The highest BCUT2D eigenvalue weighted by Gasteiger charge is 2.12. The van der Waals surface area contributed by atoms with Gasteiger partial charge in [-0.25, -0.2) is 0 Å². The molecule has 24 heavy (non-hydrogen) atoms. The first kappa shape index (κ1) is 15.5. The van der Waals surface area contributed by atoms with Crippen molar-refractivity contribution in [3.8, 4) is 5.75 Å². The van der Waals surface area contributed by atoms with Gasteiger partial charge in [0.25, 0.3) is 0 Å². The molecule has 0 bridgehead atoms. The van der Waals surface area contributed by atoms with Gasteiger partial charge in [-0.2, -0.15) is 0 Å². The van der Waals surface area contributed by atoms with Gasteiger partial charge in [-0.1, -0.05) is 41.3 Å². The molecule has 2 heterocycles. The number of aryl methyl sites for hydroxylation is 2. The van der Waals surface area contributed by atoms with Crippen LogP contribution >= 0.6 is 23.1 Å². The molecule has 4 rings (SSSR count). The van der Waals surface area contributed by atoms with Crippen LogP contribution in [0.5, 0.6) is 5.75 Å². The number of aromatic nitrogens is 3. The van der Waals surface area contributed by atoms with E-state index in [1.54, 1.807) is 23.1 Å². The molecule has 0 saturated heterocycles. The van der Waals surface area contributed by atoms with Crippen molar-refractivity contribution in [1.29, 1.82) is 0 Å². The molecule has 0 N–H and O–H groups in total. The molecule has 0 aliphatic carbocycles. The van der Waals surface area contributed by atoms with Crippen molar-refractivity contribution in [3.05, 3.63) is 53.6 Å². The molecule has 0 atom stereocenters. The smallest absolute Gasteiger partial charge is 0.217 e. The van der Waals surface area contributed by atoms with E-state index in [4.69, 9.17) is 4.74 Å². The Balaban J connectivity index is 1.45. The Morgan fingerprint density at radius 2 is 1.88 bits per heavy atom. The van der Waals surface area contributed by atoms with Crippen molar-refractivity contribution in [2.24, 2.45) is 0 Å². The summed E-state index contributed by atoms with van der Waals surface area (Å²) in [5.74, 6) is 1.76. The molecular formula is C18H17N3OS2. The van der Waals surface area contributed by atoms with E-state index in [0.717, 1.165) is 21.6 Å². The lowest BCUT2D eigenvalue weighted by Gasteiger charge is -2.07. The molecule has 0 spiro atoms. The highest BCUT2D eigenvalue weighted by Crippen LogP contribution is 2.29. The van der Waals surface area contributed by atoms with Crippen LogP contribution in [-0.4, -0.2) is 27.0 Å². The third-order valence-electron chi connectivity index (χ3n) is 3.69. The van der Waals surface area contributed by atoms with Crippen LogP contribution in [0, 0.1) is 13.8 Å². The van der Waals surface area contributed by atoms with Gasteiger partial charge in [0.2, 0.25) is 4.96 Å². The van der Waals surface area contributed by atoms with Gasteiger partial charge in [-0.3, -0.25) is 4.40 Å². The predicted molar refractivity (Wildman–Crippen MR) is 101 cm³/mol. The third-order valence-corrected chi connectivity index (χ3v) is 5.59. The van der Waals surface area contributed by atoms with Gasteiger partial charge in [-0.15, -0.1) is 10.2 Å². The van der Waals surface area contributed by atoms with Crippen LogP contribution in [0.25, 0.3) is 15.2 Å². The maximum atomic E-state index is 5.87. The summed E-state index contributed by atoms with van der Waals surface area (Å²) in [5, 5.41) is 9.52. The molecule has 4 nitrogen and oxygen atoms in total. The summed E-state index contributed by atoms with van der Waals surface area (Å²) in [7, 11) is 0. The van der Waals surface area contributed by atoms with Gasteiger partial charge in [-0.05, 0) is 49.2 Å². The number of thioether (sulfide) groups is 1. The van der Waals surface area contributed by atoms with Crippen molar-refractivity contribution in [2.45, 2.75) is 19.0 Å². The number of rotatable bonds is 5. The number of ether oxygens (including phenoxy) is 1. The molecule has 0 aliphatic heterocycles. The molecule has 0 amide bonds. The number of nitrogens with zero attached hydrogens (tertiary/aromatic N) is 3.